The number of phosphoric acid groups is 1. The van der Waals surface area contributed by atoms with E-state index in [-0.39, 0.29) is 32.0 Å². The maximum atomic E-state index is 12.8. The highest BCUT2D eigenvalue weighted by molar-refractivity contribution is 7.45. The second-order valence-electron chi connectivity index (χ2n) is 22.8. The number of esters is 2. The summed E-state index contributed by atoms with van der Waals surface area (Å²) >= 11 is 0. The fraction of sp³-hybridized carbons (Fsp3) is 0.791. The molecule has 0 aromatic rings. The Morgan fingerprint density at radius 1 is 0.416 bits per heavy atom. The van der Waals surface area contributed by atoms with Gasteiger partial charge in [-0.25, -0.2) is 0 Å². The number of allylic oxidation sites excluding steroid dienone is 12. The summed E-state index contributed by atoms with van der Waals surface area (Å²) in [6, 6.07) is 0. The van der Waals surface area contributed by atoms with Crippen LogP contribution >= 0.6 is 7.82 Å². The van der Waals surface area contributed by atoms with Crippen molar-refractivity contribution in [2.24, 2.45) is 0 Å². The lowest BCUT2D eigenvalue weighted by atomic mass is 10.0. The smallest absolute Gasteiger partial charge is 0.306 e. The van der Waals surface area contributed by atoms with E-state index in [9.17, 15) is 19.0 Å². The molecule has 77 heavy (non-hydrogen) atoms. The summed E-state index contributed by atoms with van der Waals surface area (Å²) in [6.07, 6.45) is 76.8. The molecule has 0 spiro atoms. The van der Waals surface area contributed by atoms with Crippen LogP contribution in [0, 0.1) is 0 Å². The minimum atomic E-state index is -4.65. The van der Waals surface area contributed by atoms with Crippen molar-refractivity contribution < 1.29 is 42.1 Å². The van der Waals surface area contributed by atoms with Gasteiger partial charge in [-0.15, -0.1) is 0 Å². The molecule has 0 amide bonds. The third-order valence-corrected chi connectivity index (χ3v) is 15.0. The van der Waals surface area contributed by atoms with Crippen molar-refractivity contribution in [2.75, 3.05) is 47.5 Å². The van der Waals surface area contributed by atoms with Gasteiger partial charge in [0.15, 0.2) is 6.10 Å². The Hall–Kier alpha value is -2.55. The Morgan fingerprint density at radius 3 is 1.10 bits per heavy atom. The van der Waals surface area contributed by atoms with Crippen molar-refractivity contribution in [3.63, 3.8) is 0 Å². The van der Waals surface area contributed by atoms with E-state index in [2.05, 4.69) is 86.8 Å². The largest absolute Gasteiger partial charge is 0.756 e. The molecule has 0 saturated heterocycles. The van der Waals surface area contributed by atoms with Crippen molar-refractivity contribution in [3.8, 4) is 0 Å². The zero-order valence-electron chi connectivity index (χ0n) is 50.9. The molecule has 0 aromatic carbocycles. The second kappa shape index (κ2) is 58.1. The molecule has 0 aliphatic rings. The van der Waals surface area contributed by atoms with Crippen molar-refractivity contribution >= 4 is 19.8 Å². The zero-order valence-corrected chi connectivity index (χ0v) is 51.8. The van der Waals surface area contributed by atoms with Crippen molar-refractivity contribution in [3.05, 3.63) is 72.9 Å². The summed E-state index contributed by atoms with van der Waals surface area (Å²) in [4.78, 5) is 38.0. The maximum Gasteiger partial charge on any atom is 0.306 e. The van der Waals surface area contributed by atoms with Gasteiger partial charge in [-0.05, 0) is 64.2 Å². The highest BCUT2D eigenvalue weighted by Crippen LogP contribution is 2.38. The summed E-state index contributed by atoms with van der Waals surface area (Å²) in [7, 11) is 1.16. The molecule has 0 aliphatic carbocycles. The first kappa shape index (κ1) is 74.5. The van der Waals surface area contributed by atoms with Crippen molar-refractivity contribution in [1.29, 1.82) is 0 Å². The molecular formula is C67H122NO8P. The van der Waals surface area contributed by atoms with Gasteiger partial charge in [0.1, 0.15) is 19.8 Å². The average molecular weight is 1100 g/mol. The molecule has 2 atom stereocenters. The number of unbranched alkanes of at least 4 members (excludes halogenated alkanes) is 33. The summed E-state index contributed by atoms with van der Waals surface area (Å²) < 4.78 is 34.2. The first-order valence-corrected chi connectivity index (χ1v) is 33.6. The number of hydrogen-bond donors (Lipinski definition) is 0. The molecule has 2 unspecified atom stereocenters. The highest BCUT2D eigenvalue weighted by Gasteiger charge is 2.22. The predicted molar refractivity (Wildman–Crippen MR) is 328 cm³/mol. The summed E-state index contributed by atoms with van der Waals surface area (Å²) in [6.45, 7) is 4.14. The Morgan fingerprint density at radius 2 is 0.740 bits per heavy atom. The van der Waals surface area contributed by atoms with E-state index in [0.29, 0.717) is 17.4 Å². The molecule has 10 heteroatoms. The van der Waals surface area contributed by atoms with Crippen LogP contribution in [0.25, 0.3) is 0 Å². The Bertz CT molecular complexity index is 1530. The molecular weight excluding hydrogens is 978 g/mol. The number of phosphoric ester groups is 1. The zero-order chi connectivity index (χ0) is 56.3. The van der Waals surface area contributed by atoms with Crippen LogP contribution in [0.15, 0.2) is 72.9 Å². The normalized spacial score (nSPS) is 13.7. The lowest BCUT2D eigenvalue weighted by Gasteiger charge is -2.28. The van der Waals surface area contributed by atoms with Gasteiger partial charge in [0.2, 0.25) is 0 Å². The van der Waals surface area contributed by atoms with Gasteiger partial charge < -0.3 is 27.9 Å². The van der Waals surface area contributed by atoms with Crippen LogP contribution in [0.2, 0.25) is 0 Å². The summed E-state index contributed by atoms with van der Waals surface area (Å²) in [5.74, 6) is -0.842. The van der Waals surface area contributed by atoms with Crippen LogP contribution in [0.3, 0.4) is 0 Å². The predicted octanol–water partition coefficient (Wildman–Crippen LogP) is 19.8. The van der Waals surface area contributed by atoms with Gasteiger partial charge in [-0.1, -0.05) is 286 Å². The average Bonchev–Trinajstić information content (AvgIpc) is 3.39. The number of carbonyl (C=O) groups excluding carboxylic acids is 2. The maximum absolute atomic E-state index is 12.8. The number of carbonyl (C=O) groups is 2. The quantitative estimate of drug-likeness (QED) is 0.0195. The molecule has 9 nitrogen and oxygen atoms in total. The van der Waals surface area contributed by atoms with Crippen LogP contribution in [-0.2, 0) is 32.7 Å². The van der Waals surface area contributed by atoms with Crippen molar-refractivity contribution in [1.82, 2.24) is 0 Å². The van der Waals surface area contributed by atoms with Gasteiger partial charge in [0.25, 0.3) is 7.82 Å². The molecule has 0 rings (SSSR count). The van der Waals surface area contributed by atoms with E-state index < -0.39 is 26.5 Å². The molecule has 0 saturated carbocycles. The van der Waals surface area contributed by atoms with Crippen LogP contribution in [-0.4, -0.2) is 70.0 Å². The minimum Gasteiger partial charge on any atom is -0.756 e. The lowest BCUT2D eigenvalue weighted by molar-refractivity contribution is -0.870. The van der Waals surface area contributed by atoms with Gasteiger partial charge in [0, 0.05) is 12.8 Å². The number of nitrogens with zero attached hydrogens (tertiary/aromatic N) is 1. The second-order valence-corrected chi connectivity index (χ2v) is 24.2. The minimum absolute atomic E-state index is 0.0358. The van der Waals surface area contributed by atoms with Crippen molar-refractivity contribution in [2.45, 2.75) is 296 Å². The number of rotatable bonds is 59. The van der Waals surface area contributed by atoms with Crippen LogP contribution in [0.4, 0.5) is 0 Å². The monoisotopic (exact) mass is 1100 g/mol. The van der Waals surface area contributed by atoms with E-state index >= 15 is 0 Å². The Balaban J connectivity index is 4.11. The Kier molecular flexibility index (Phi) is 56.2. The number of likely N-dealkylation sites (N-methyl/N-ethyl adjacent to an activating group) is 1. The molecule has 0 heterocycles. The summed E-state index contributed by atoms with van der Waals surface area (Å²) in [5, 5.41) is 0. The van der Waals surface area contributed by atoms with E-state index in [1.54, 1.807) is 0 Å². The molecule has 0 bridgehead atoms. The number of ether oxygens (including phenoxy) is 2. The van der Waals surface area contributed by atoms with E-state index in [4.69, 9.17) is 18.5 Å². The third kappa shape index (κ3) is 62.5. The third-order valence-electron chi connectivity index (χ3n) is 14.0. The lowest BCUT2D eigenvalue weighted by Crippen LogP contribution is -2.37. The van der Waals surface area contributed by atoms with Crippen LogP contribution < -0.4 is 4.89 Å². The van der Waals surface area contributed by atoms with Crippen LogP contribution in [0.5, 0.6) is 0 Å². The fourth-order valence-corrected chi connectivity index (χ4v) is 9.80. The fourth-order valence-electron chi connectivity index (χ4n) is 9.07. The number of hydrogen-bond acceptors (Lipinski definition) is 8. The Labute approximate surface area is 476 Å². The van der Waals surface area contributed by atoms with Gasteiger partial charge >= 0.3 is 11.9 Å². The molecule has 0 radical (unpaired) electrons. The standard InChI is InChI=1S/C67H122NO8P/c1-6-8-10-12-14-16-18-20-22-24-26-28-30-32-33-34-36-37-39-41-43-45-47-49-51-53-55-57-59-66(69)73-63-65(64-75-77(71,72)74-62-61-68(3,4)5)76-67(70)60-58-56-54-52-50-48-46-44-42-40-38-35-31-29-27-25-23-21-19-17-15-13-11-9-7-2/h9,11,15,17,21,23,27,29,35,38,42,44,65H,6-8,10,12-14,16,18-20,22,24-26,28,30-34,36-37,39-41,43,45-64H2,1-5H3/b11-9-,17-15-,23-21-,29-27-,38-35-,44-42-. The van der Waals surface area contributed by atoms with E-state index in [1.165, 1.54) is 161 Å². The number of quaternary nitrogens is 1. The molecule has 0 aliphatic heterocycles. The first-order chi connectivity index (χ1) is 37.5. The molecule has 0 aromatic heterocycles. The topological polar surface area (TPSA) is 111 Å². The molecule has 0 N–H and O–H groups in total. The van der Waals surface area contributed by atoms with Gasteiger partial charge in [-0.2, -0.15) is 0 Å². The van der Waals surface area contributed by atoms with Gasteiger partial charge in [0.05, 0.1) is 27.7 Å². The summed E-state index contributed by atoms with van der Waals surface area (Å²) in [5.41, 5.74) is 0. The van der Waals surface area contributed by atoms with Gasteiger partial charge in [-0.3, -0.25) is 14.2 Å². The van der Waals surface area contributed by atoms with E-state index in [0.717, 1.165) is 96.3 Å². The molecule has 0 fully saturated rings. The molecule has 448 valence electrons. The highest BCUT2D eigenvalue weighted by atomic mass is 31.2. The van der Waals surface area contributed by atoms with E-state index in [1.807, 2.05) is 21.1 Å². The SMILES string of the molecule is CC/C=C\C/C=C\C/C=C\C/C=C\C/C=C\C/C=C\CCCCCCCCC(=O)OC(COC(=O)CCCCCCCCCCCCCCCCCCCCCCCCCCCCCC)COP(=O)([O-])OCC[N+](C)(C)C. The van der Waals surface area contributed by atoms with Crippen LogP contribution in [0.1, 0.15) is 290 Å². The first-order valence-electron chi connectivity index (χ1n) is 32.1.